The number of aliphatic imine (C=N–C) groups is 1. The number of nitrogens with zero attached hydrogens (tertiary/aromatic N) is 2. The quantitative estimate of drug-likeness (QED) is 0.844. The van der Waals surface area contributed by atoms with E-state index in [4.69, 9.17) is 4.99 Å². The number of nitrogens with one attached hydrogen (secondary N) is 2. The Kier molecular flexibility index (Phi) is 4.58. The molecule has 2 aromatic rings. The van der Waals surface area contributed by atoms with Gasteiger partial charge in [0.15, 0.2) is 0 Å². The zero-order chi connectivity index (χ0) is 18.0. The molecule has 0 radical (unpaired) electrons. The number of para-hydroxylation sites is 2. The highest BCUT2D eigenvalue weighted by atomic mass is 15.2. The number of rotatable bonds is 3. The summed E-state index contributed by atoms with van der Waals surface area (Å²) in [6, 6.07) is 17.1. The Hall–Kier alpha value is -2.49. The van der Waals surface area contributed by atoms with Gasteiger partial charge in [-0.05, 0) is 42.7 Å². The minimum absolute atomic E-state index is 0.0360. The van der Waals surface area contributed by atoms with Gasteiger partial charge in [-0.1, -0.05) is 43.5 Å². The maximum atomic E-state index is 5.03. The number of hydrogen-bond donors (Lipinski definition) is 2. The highest BCUT2D eigenvalue weighted by Crippen LogP contribution is 2.40. The Labute approximate surface area is 156 Å². The third kappa shape index (κ3) is 3.28. The second kappa shape index (κ2) is 7.02. The average molecular weight is 348 g/mol. The summed E-state index contributed by atoms with van der Waals surface area (Å²) in [5.41, 5.74) is 4.67. The first kappa shape index (κ1) is 17.0. The van der Waals surface area contributed by atoms with Gasteiger partial charge in [-0.25, -0.2) is 4.99 Å². The third-order valence-corrected chi connectivity index (χ3v) is 5.56. The van der Waals surface area contributed by atoms with Gasteiger partial charge >= 0.3 is 0 Å². The minimum Gasteiger partial charge on any atom is -0.378 e. The predicted molar refractivity (Wildman–Crippen MR) is 111 cm³/mol. The Morgan fingerprint density at radius 2 is 1.85 bits per heavy atom. The monoisotopic (exact) mass is 348 g/mol. The summed E-state index contributed by atoms with van der Waals surface area (Å²) in [5, 5.41) is 7.50. The fourth-order valence-corrected chi connectivity index (χ4v) is 4.08. The van der Waals surface area contributed by atoms with Crippen LogP contribution >= 0.6 is 0 Å². The first-order valence-electron chi connectivity index (χ1n) is 9.63. The van der Waals surface area contributed by atoms with Crippen molar-refractivity contribution < 1.29 is 0 Å². The molecule has 1 spiro atoms. The van der Waals surface area contributed by atoms with Gasteiger partial charge in [0.25, 0.3) is 0 Å². The molecule has 0 saturated heterocycles. The Balaban J connectivity index is 1.60. The molecule has 4 nitrogen and oxygen atoms in total. The van der Waals surface area contributed by atoms with Crippen LogP contribution in [0.3, 0.4) is 0 Å². The van der Waals surface area contributed by atoms with E-state index in [1.165, 1.54) is 30.5 Å². The zero-order valence-corrected chi connectivity index (χ0v) is 15.8. The molecular weight excluding hydrogens is 320 g/mol. The molecule has 136 valence electrons. The summed E-state index contributed by atoms with van der Waals surface area (Å²) in [6.07, 6.45) is 6.12. The molecule has 4 rings (SSSR count). The van der Waals surface area contributed by atoms with Crippen molar-refractivity contribution in [3.8, 4) is 0 Å². The number of benzene rings is 2. The second-order valence-electron chi connectivity index (χ2n) is 7.66. The molecule has 1 aliphatic carbocycles. The maximum absolute atomic E-state index is 5.03. The van der Waals surface area contributed by atoms with E-state index in [2.05, 4.69) is 78.2 Å². The second-order valence-corrected chi connectivity index (χ2v) is 7.66. The van der Waals surface area contributed by atoms with E-state index in [0.29, 0.717) is 0 Å². The van der Waals surface area contributed by atoms with Gasteiger partial charge in [-0.3, -0.25) is 0 Å². The molecule has 26 heavy (non-hydrogen) atoms. The Morgan fingerprint density at radius 1 is 1.04 bits per heavy atom. The van der Waals surface area contributed by atoms with Crippen LogP contribution in [0, 0.1) is 0 Å². The van der Waals surface area contributed by atoms with Crippen LogP contribution in [0.4, 0.5) is 17.1 Å². The summed E-state index contributed by atoms with van der Waals surface area (Å²) in [6.45, 7) is 0.798. The lowest BCUT2D eigenvalue weighted by molar-refractivity contribution is 0.396. The van der Waals surface area contributed by atoms with E-state index in [1.54, 1.807) is 0 Å². The summed E-state index contributed by atoms with van der Waals surface area (Å²) in [4.78, 5) is 7.17. The first-order valence-corrected chi connectivity index (χ1v) is 9.63. The van der Waals surface area contributed by atoms with Crippen LogP contribution < -0.4 is 15.5 Å². The number of anilines is 2. The molecule has 0 bridgehead atoms. The predicted octanol–water partition coefficient (Wildman–Crippen LogP) is 4.70. The van der Waals surface area contributed by atoms with E-state index >= 15 is 0 Å². The summed E-state index contributed by atoms with van der Waals surface area (Å²) < 4.78 is 0. The van der Waals surface area contributed by atoms with Crippen LogP contribution in [0.1, 0.15) is 37.7 Å². The number of amidine groups is 1. The summed E-state index contributed by atoms with van der Waals surface area (Å²) in [7, 11) is 4.16. The lowest BCUT2D eigenvalue weighted by atomic mass is 9.79. The van der Waals surface area contributed by atoms with Gasteiger partial charge in [-0.2, -0.15) is 0 Å². The van der Waals surface area contributed by atoms with Crippen LogP contribution in [0.15, 0.2) is 53.5 Å². The molecular formula is C22H28N4. The molecule has 2 aromatic carbocycles. The van der Waals surface area contributed by atoms with Gasteiger partial charge < -0.3 is 15.5 Å². The van der Waals surface area contributed by atoms with Gasteiger partial charge in [0.2, 0.25) is 0 Å². The van der Waals surface area contributed by atoms with E-state index in [0.717, 1.165) is 36.6 Å². The van der Waals surface area contributed by atoms with E-state index in [9.17, 15) is 0 Å². The summed E-state index contributed by atoms with van der Waals surface area (Å²) >= 11 is 0. The van der Waals surface area contributed by atoms with Crippen molar-refractivity contribution in [2.24, 2.45) is 4.99 Å². The fraction of sp³-hybridized carbons (Fsp3) is 0.409. The van der Waals surface area contributed by atoms with Crippen LogP contribution in [-0.4, -0.2) is 25.5 Å². The largest absolute Gasteiger partial charge is 0.378 e. The SMILES string of the molecule is CN(C)c1cccc(CNC2=Nc3ccccc3NC23CCCCC3)c1. The highest BCUT2D eigenvalue weighted by Gasteiger charge is 2.40. The molecule has 2 aliphatic rings. The van der Waals surface area contributed by atoms with Crippen molar-refractivity contribution in [3.05, 3.63) is 54.1 Å². The van der Waals surface area contributed by atoms with Gasteiger partial charge in [0.05, 0.1) is 16.9 Å². The van der Waals surface area contributed by atoms with Gasteiger partial charge in [-0.15, -0.1) is 0 Å². The van der Waals surface area contributed by atoms with E-state index < -0.39 is 0 Å². The first-order chi connectivity index (χ1) is 12.7. The minimum atomic E-state index is -0.0360. The normalized spacial score (nSPS) is 17.8. The standard InChI is InChI=1S/C22H28N4/c1-26(2)18-10-8-9-17(15-18)16-23-21-22(13-6-3-7-14-22)25-20-12-5-4-11-19(20)24-21/h4-5,8-12,15,25H,3,6-7,13-14,16H2,1-2H3,(H,23,24). The molecule has 0 unspecified atom stereocenters. The molecule has 0 amide bonds. The molecule has 2 N–H and O–H groups in total. The van der Waals surface area contributed by atoms with Gasteiger partial charge in [0.1, 0.15) is 5.84 Å². The molecule has 4 heteroatoms. The van der Waals surface area contributed by atoms with Crippen molar-refractivity contribution in [1.29, 1.82) is 0 Å². The zero-order valence-electron chi connectivity index (χ0n) is 15.8. The molecule has 1 saturated carbocycles. The van der Waals surface area contributed by atoms with E-state index in [1.807, 2.05) is 0 Å². The maximum Gasteiger partial charge on any atom is 0.128 e. The highest BCUT2D eigenvalue weighted by molar-refractivity contribution is 6.00. The van der Waals surface area contributed by atoms with Crippen LogP contribution in [0.25, 0.3) is 0 Å². The number of hydrogen-bond acceptors (Lipinski definition) is 4. The van der Waals surface area contributed by atoms with E-state index in [-0.39, 0.29) is 5.54 Å². The molecule has 1 heterocycles. The summed E-state index contributed by atoms with van der Waals surface area (Å²) in [5.74, 6) is 1.10. The fourth-order valence-electron chi connectivity index (χ4n) is 4.08. The van der Waals surface area contributed by atoms with Crippen molar-refractivity contribution in [3.63, 3.8) is 0 Å². The molecule has 1 aliphatic heterocycles. The molecule has 1 fully saturated rings. The Morgan fingerprint density at radius 3 is 2.65 bits per heavy atom. The smallest absolute Gasteiger partial charge is 0.128 e. The van der Waals surface area contributed by atoms with Crippen molar-refractivity contribution in [2.75, 3.05) is 24.3 Å². The van der Waals surface area contributed by atoms with Crippen LogP contribution in [0.2, 0.25) is 0 Å². The lowest BCUT2D eigenvalue weighted by Gasteiger charge is -2.42. The topological polar surface area (TPSA) is 39.7 Å². The van der Waals surface area contributed by atoms with Crippen molar-refractivity contribution in [2.45, 2.75) is 44.2 Å². The Bertz CT molecular complexity index is 803. The van der Waals surface area contributed by atoms with Crippen LogP contribution in [0.5, 0.6) is 0 Å². The van der Waals surface area contributed by atoms with Crippen molar-refractivity contribution >= 4 is 22.9 Å². The third-order valence-electron chi connectivity index (χ3n) is 5.56. The number of fused-ring (bicyclic) bond motifs is 1. The van der Waals surface area contributed by atoms with Crippen molar-refractivity contribution in [1.82, 2.24) is 5.32 Å². The van der Waals surface area contributed by atoms with Gasteiger partial charge in [0, 0.05) is 26.3 Å². The van der Waals surface area contributed by atoms with Crippen LogP contribution in [-0.2, 0) is 6.54 Å². The average Bonchev–Trinajstić information content (AvgIpc) is 2.67. The molecule has 0 atom stereocenters. The lowest BCUT2D eigenvalue weighted by Crippen LogP contribution is -2.54. The molecule has 0 aromatic heterocycles.